The standard InChI is InChI=1S/C6H6O2.C4H10N2O/c7-5-3-1-2-4-6(5)8;1-2-6-4(7)3-5/h1-4,7-8H;2-3,5H2,1H3,(H,6,7). The topological polar surface area (TPSA) is 95.6 Å². The van der Waals surface area contributed by atoms with Crippen LogP contribution >= 0.6 is 0 Å². The van der Waals surface area contributed by atoms with Crippen LogP contribution in [-0.4, -0.2) is 29.2 Å². The molecule has 5 nitrogen and oxygen atoms in total. The second kappa shape index (κ2) is 7.64. The van der Waals surface area contributed by atoms with Crippen molar-refractivity contribution in [1.82, 2.24) is 5.32 Å². The summed E-state index contributed by atoms with van der Waals surface area (Å²) in [5.74, 6) is -0.248. The third-order valence-corrected chi connectivity index (χ3v) is 1.44. The van der Waals surface area contributed by atoms with Gasteiger partial charge < -0.3 is 21.3 Å². The summed E-state index contributed by atoms with van der Waals surface area (Å²) < 4.78 is 0. The number of phenolic OH excluding ortho intramolecular Hbond substituents is 2. The van der Waals surface area contributed by atoms with E-state index in [1.165, 1.54) is 12.1 Å². The Morgan fingerprint density at radius 2 is 1.80 bits per heavy atom. The van der Waals surface area contributed by atoms with Gasteiger partial charge in [-0.2, -0.15) is 0 Å². The Kier molecular flexibility index (Phi) is 6.74. The van der Waals surface area contributed by atoms with Gasteiger partial charge in [-0.1, -0.05) is 12.1 Å². The SMILES string of the molecule is CCNC(=O)CN.Oc1ccccc1O. The number of benzene rings is 1. The summed E-state index contributed by atoms with van der Waals surface area (Å²) in [7, 11) is 0. The number of rotatable bonds is 2. The van der Waals surface area contributed by atoms with E-state index in [0.717, 1.165) is 0 Å². The largest absolute Gasteiger partial charge is 0.504 e. The number of nitrogens with two attached hydrogens (primary N) is 1. The highest BCUT2D eigenvalue weighted by molar-refractivity contribution is 5.77. The van der Waals surface area contributed by atoms with Gasteiger partial charge in [0.25, 0.3) is 0 Å². The van der Waals surface area contributed by atoms with Crippen molar-refractivity contribution in [1.29, 1.82) is 0 Å². The van der Waals surface area contributed by atoms with Gasteiger partial charge in [0.05, 0.1) is 6.54 Å². The average molecular weight is 212 g/mol. The lowest BCUT2D eigenvalue weighted by Gasteiger charge is -1.93. The minimum atomic E-state index is -0.0949. The number of hydrogen-bond acceptors (Lipinski definition) is 4. The van der Waals surface area contributed by atoms with Crippen LogP contribution in [0.3, 0.4) is 0 Å². The van der Waals surface area contributed by atoms with Crippen molar-refractivity contribution in [2.75, 3.05) is 13.1 Å². The van der Waals surface area contributed by atoms with E-state index in [9.17, 15) is 4.79 Å². The average Bonchev–Trinajstić information content (AvgIpc) is 2.24. The molecule has 0 heterocycles. The van der Waals surface area contributed by atoms with Crippen LogP contribution in [0, 0.1) is 0 Å². The molecule has 0 saturated carbocycles. The van der Waals surface area contributed by atoms with Crippen LogP contribution in [0.4, 0.5) is 0 Å². The molecular formula is C10H16N2O3. The molecule has 15 heavy (non-hydrogen) atoms. The number of amides is 1. The van der Waals surface area contributed by atoms with Crippen LogP contribution < -0.4 is 11.1 Å². The predicted molar refractivity (Wildman–Crippen MR) is 57.5 cm³/mol. The predicted octanol–water partition coefficient (Wildman–Crippen LogP) is 0.179. The molecule has 1 aromatic carbocycles. The first-order chi connectivity index (χ1) is 7.11. The second-order valence-corrected chi connectivity index (χ2v) is 2.65. The maximum atomic E-state index is 10.2. The van der Waals surface area contributed by atoms with Crippen LogP contribution in [0.1, 0.15) is 6.92 Å². The van der Waals surface area contributed by atoms with Gasteiger partial charge in [0.1, 0.15) is 0 Å². The molecule has 0 fully saturated rings. The number of hydrogen-bond donors (Lipinski definition) is 4. The third kappa shape index (κ3) is 6.34. The highest BCUT2D eigenvalue weighted by atomic mass is 16.3. The fourth-order valence-corrected chi connectivity index (χ4v) is 0.734. The lowest BCUT2D eigenvalue weighted by atomic mass is 10.3. The van der Waals surface area contributed by atoms with E-state index >= 15 is 0 Å². The summed E-state index contributed by atoms with van der Waals surface area (Å²) in [6.07, 6.45) is 0. The monoisotopic (exact) mass is 212 g/mol. The van der Waals surface area contributed by atoms with Crippen molar-refractivity contribution < 1.29 is 15.0 Å². The number of carbonyl (C=O) groups excluding carboxylic acids is 1. The van der Waals surface area contributed by atoms with Crippen LogP contribution in [0.2, 0.25) is 0 Å². The van der Waals surface area contributed by atoms with Crippen LogP contribution in [0.25, 0.3) is 0 Å². The quantitative estimate of drug-likeness (QED) is 0.526. The fraction of sp³-hybridized carbons (Fsp3) is 0.300. The molecule has 0 aromatic heterocycles. The maximum Gasteiger partial charge on any atom is 0.233 e. The molecule has 0 spiro atoms. The lowest BCUT2D eigenvalue weighted by molar-refractivity contribution is -0.119. The van der Waals surface area contributed by atoms with E-state index in [0.29, 0.717) is 6.54 Å². The van der Waals surface area contributed by atoms with E-state index in [1.807, 2.05) is 6.92 Å². The lowest BCUT2D eigenvalue weighted by Crippen LogP contribution is -2.29. The smallest absolute Gasteiger partial charge is 0.233 e. The van der Waals surface area contributed by atoms with E-state index in [2.05, 4.69) is 5.32 Å². The Hall–Kier alpha value is -1.75. The van der Waals surface area contributed by atoms with E-state index in [-0.39, 0.29) is 24.0 Å². The molecule has 0 unspecified atom stereocenters. The van der Waals surface area contributed by atoms with Gasteiger partial charge in [-0.15, -0.1) is 0 Å². The van der Waals surface area contributed by atoms with Gasteiger partial charge in [0.15, 0.2) is 11.5 Å². The Labute approximate surface area is 88.5 Å². The van der Waals surface area contributed by atoms with Gasteiger partial charge in [-0.25, -0.2) is 0 Å². The molecule has 5 N–H and O–H groups in total. The summed E-state index contributed by atoms with van der Waals surface area (Å²) in [6.45, 7) is 2.61. The first kappa shape index (κ1) is 13.2. The Balaban J connectivity index is 0.000000265. The second-order valence-electron chi connectivity index (χ2n) is 2.65. The summed E-state index contributed by atoms with van der Waals surface area (Å²) in [4.78, 5) is 10.2. The van der Waals surface area contributed by atoms with Crippen molar-refractivity contribution in [2.45, 2.75) is 6.92 Å². The molecule has 1 rings (SSSR count). The van der Waals surface area contributed by atoms with Crippen LogP contribution in [0.15, 0.2) is 24.3 Å². The third-order valence-electron chi connectivity index (χ3n) is 1.44. The van der Waals surface area contributed by atoms with Crippen molar-refractivity contribution in [3.63, 3.8) is 0 Å². The Morgan fingerprint density at radius 3 is 2.00 bits per heavy atom. The highest BCUT2D eigenvalue weighted by Crippen LogP contribution is 2.21. The normalized spacial score (nSPS) is 8.67. The molecule has 0 aliphatic heterocycles. The molecule has 84 valence electrons. The molecule has 0 atom stereocenters. The zero-order chi connectivity index (χ0) is 11.7. The summed E-state index contributed by atoms with van der Waals surface area (Å²) in [5, 5.41) is 19.9. The first-order valence-corrected chi connectivity index (χ1v) is 4.55. The molecule has 0 radical (unpaired) electrons. The minimum absolute atomic E-state index is 0.0764. The number of carbonyl (C=O) groups is 1. The van der Waals surface area contributed by atoms with Gasteiger partial charge in [0.2, 0.25) is 5.91 Å². The first-order valence-electron chi connectivity index (χ1n) is 4.55. The van der Waals surface area contributed by atoms with Gasteiger partial charge in [-0.3, -0.25) is 4.79 Å². The van der Waals surface area contributed by atoms with E-state index in [1.54, 1.807) is 12.1 Å². The van der Waals surface area contributed by atoms with E-state index in [4.69, 9.17) is 15.9 Å². The number of nitrogens with one attached hydrogen (secondary N) is 1. The van der Waals surface area contributed by atoms with Crippen molar-refractivity contribution in [3.05, 3.63) is 24.3 Å². The molecule has 5 heteroatoms. The molecule has 0 aliphatic carbocycles. The number of para-hydroxylation sites is 2. The van der Waals surface area contributed by atoms with Crippen molar-refractivity contribution >= 4 is 5.91 Å². The molecule has 0 bridgehead atoms. The molecule has 0 saturated heterocycles. The zero-order valence-electron chi connectivity index (χ0n) is 8.60. The number of phenols is 2. The fourth-order valence-electron chi connectivity index (χ4n) is 0.734. The maximum absolute atomic E-state index is 10.2. The van der Waals surface area contributed by atoms with Crippen LogP contribution in [0.5, 0.6) is 11.5 Å². The Bertz CT molecular complexity index is 281. The van der Waals surface area contributed by atoms with E-state index < -0.39 is 0 Å². The number of aromatic hydroxyl groups is 2. The van der Waals surface area contributed by atoms with Crippen molar-refractivity contribution in [3.8, 4) is 11.5 Å². The van der Waals surface area contributed by atoms with Crippen molar-refractivity contribution in [2.24, 2.45) is 5.73 Å². The molecule has 0 aliphatic rings. The summed E-state index contributed by atoms with van der Waals surface area (Å²) in [6, 6.07) is 6.15. The van der Waals surface area contributed by atoms with Crippen LogP contribution in [-0.2, 0) is 4.79 Å². The highest BCUT2D eigenvalue weighted by Gasteiger charge is 1.90. The zero-order valence-corrected chi connectivity index (χ0v) is 8.60. The van der Waals surface area contributed by atoms with Gasteiger partial charge >= 0.3 is 0 Å². The molecular weight excluding hydrogens is 196 g/mol. The summed E-state index contributed by atoms with van der Waals surface area (Å²) >= 11 is 0. The number of likely N-dealkylation sites (N-methyl/N-ethyl adjacent to an activating group) is 1. The Morgan fingerprint density at radius 1 is 1.33 bits per heavy atom. The summed E-state index contributed by atoms with van der Waals surface area (Å²) in [5.41, 5.74) is 4.95. The molecule has 1 amide bonds. The van der Waals surface area contributed by atoms with Gasteiger partial charge in [-0.05, 0) is 19.1 Å². The minimum Gasteiger partial charge on any atom is -0.504 e. The molecule has 1 aromatic rings. The van der Waals surface area contributed by atoms with Gasteiger partial charge in [0, 0.05) is 6.54 Å².